The third kappa shape index (κ3) is 7.73. The Kier molecular flexibility index (Phi) is 8.69. The van der Waals surface area contributed by atoms with E-state index in [-0.39, 0.29) is 5.91 Å². The van der Waals surface area contributed by atoms with Gasteiger partial charge in [-0.3, -0.25) is 4.79 Å². The average Bonchev–Trinajstić information content (AvgIpc) is 2.65. The summed E-state index contributed by atoms with van der Waals surface area (Å²) < 4.78 is 11.4. The molecule has 0 heterocycles. The van der Waals surface area contributed by atoms with Crippen molar-refractivity contribution < 1.29 is 14.3 Å². The van der Waals surface area contributed by atoms with E-state index in [4.69, 9.17) is 9.47 Å². The molecule has 0 aliphatic heterocycles. The van der Waals surface area contributed by atoms with Crippen LogP contribution in [0.3, 0.4) is 0 Å². The molecule has 2 aromatic carbocycles. The number of hydrogen-bond acceptors (Lipinski definition) is 3. The Morgan fingerprint density at radius 1 is 0.926 bits per heavy atom. The fourth-order valence-electron chi connectivity index (χ4n) is 2.78. The second-order valence-electron chi connectivity index (χ2n) is 6.85. The highest BCUT2D eigenvalue weighted by atomic mass is 16.5. The maximum absolute atomic E-state index is 12.1. The molecule has 1 N–H and O–H groups in total. The van der Waals surface area contributed by atoms with Gasteiger partial charge in [-0.1, -0.05) is 37.5 Å². The van der Waals surface area contributed by atoms with E-state index < -0.39 is 0 Å². The molecular weight excluding hydrogens is 338 g/mol. The van der Waals surface area contributed by atoms with E-state index in [0.717, 1.165) is 35.8 Å². The molecule has 0 fully saturated rings. The van der Waals surface area contributed by atoms with Crippen molar-refractivity contribution in [2.45, 2.75) is 52.9 Å². The molecule has 0 atom stereocenters. The van der Waals surface area contributed by atoms with E-state index in [1.165, 1.54) is 18.4 Å². The summed E-state index contributed by atoms with van der Waals surface area (Å²) in [5.41, 5.74) is 3.13. The highest BCUT2D eigenvalue weighted by Gasteiger charge is 2.04. The summed E-state index contributed by atoms with van der Waals surface area (Å²) in [4.78, 5) is 12.1. The monoisotopic (exact) mass is 369 g/mol. The smallest absolute Gasteiger partial charge is 0.224 e. The van der Waals surface area contributed by atoms with Gasteiger partial charge in [0.15, 0.2) is 0 Å². The number of carbonyl (C=O) groups is 1. The third-order valence-corrected chi connectivity index (χ3v) is 4.29. The molecule has 4 heteroatoms. The van der Waals surface area contributed by atoms with Crippen LogP contribution in [0.1, 0.15) is 50.2 Å². The predicted molar refractivity (Wildman–Crippen MR) is 111 cm³/mol. The maximum Gasteiger partial charge on any atom is 0.224 e. The highest BCUT2D eigenvalue weighted by molar-refractivity contribution is 5.90. The molecule has 2 aromatic rings. The van der Waals surface area contributed by atoms with E-state index in [2.05, 4.69) is 25.2 Å². The van der Waals surface area contributed by atoms with Crippen LogP contribution in [-0.4, -0.2) is 19.1 Å². The normalized spacial score (nSPS) is 10.5. The summed E-state index contributed by atoms with van der Waals surface area (Å²) in [6, 6.07) is 13.6. The first-order chi connectivity index (χ1) is 13.1. The van der Waals surface area contributed by atoms with Crippen LogP contribution in [0.15, 0.2) is 42.5 Å². The number of aryl methyl sites for hydroxylation is 2. The second-order valence-corrected chi connectivity index (χ2v) is 6.85. The Hall–Kier alpha value is -2.49. The van der Waals surface area contributed by atoms with Crippen LogP contribution >= 0.6 is 0 Å². The standard InChI is InChI=1S/C23H31NO3/c1-4-5-6-15-26-21-12-10-20(11-13-21)24-23(25)8-7-16-27-22-14-9-18(2)17-19(22)3/h9-14,17H,4-8,15-16H2,1-3H3,(H,24,25). The van der Waals surface area contributed by atoms with Crippen molar-refractivity contribution in [2.24, 2.45) is 0 Å². The number of rotatable bonds is 11. The van der Waals surface area contributed by atoms with Crippen molar-refractivity contribution in [1.82, 2.24) is 0 Å². The van der Waals surface area contributed by atoms with Crippen molar-refractivity contribution in [2.75, 3.05) is 18.5 Å². The topological polar surface area (TPSA) is 47.6 Å². The van der Waals surface area contributed by atoms with E-state index >= 15 is 0 Å². The summed E-state index contributed by atoms with van der Waals surface area (Å²) in [5.74, 6) is 1.72. The summed E-state index contributed by atoms with van der Waals surface area (Å²) >= 11 is 0. The molecule has 0 saturated heterocycles. The number of carbonyl (C=O) groups excluding carboxylic acids is 1. The molecule has 2 rings (SSSR count). The van der Waals surface area contributed by atoms with Gasteiger partial charge in [0, 0.05) is 12.1 Å². The fourth-order valence-corrected chi connectivity index (χ4v) is 2.78. The summed E-state index contributed by atoms with van der Waals surface area (Å²) in [7, 11) is 0. The number of benzene rings is 2. The van der Waals surface area contributed by atoms with Gasteiger partial charge < -0.3 is 14.8 Å². The van der Waals surface area contributed by atoms with Gasteiger partial charge in [0.25, 0.3) is 0 Å². The highest BCUT2D eigenvalue weighted by Crippen LogP contribution is 2.19. The Morgan fingerprint density at radius 3 is 2.37 bits per heavy atom. The Bertz CT molecular complexity index is 710. The van der Waals surface area contributed by atoms with Crippen LogP contribution in [0.2, 0.25) is 0 Å². The average molecular weight is 370 g/mol. The number of anilines is 1. The van der Waals surface area contributed by atoms with Gasteiger partial charge in [-0.2, -0.15) is 0 Å². The van der Waals surface area contributed by atoms with Gasteiger partial charge in [0.2, 0.25) is 5.91 Å². The van der Waals surface area contributed by atoms with Crippen LogP contribution in [-0.2, 0) is 4.79 Å². The van der Waals surface area contributed by atoms with E-state index in [1.807, 2.05) is 43.3 Å². The van der Waals surface area contributed by atoms with E-state index in [1.54, 1.807) is 0 Å². The molecule has 0 unspecified atom stereocenters. The van der Waals surface area contributed by atoms with E-state index in [9.17, 15) is 4.79 Å². The molecule has 0 radical (unpaired) electrons. The molecule has 146 valence electrons. The number of ether oxygens (including phenoxy) is 2. The lowest BCUT2D eigenvalue weighted by Gasteiger charge is -2.10. The summed E-state index contributed by atoms with van der Waals surface area (Å²) in [5, 5.41) is 2.91. The number of nitrogens with one attached hydrogen (secondary N) is 1. The van der Waals surface area contributed by atoms with Gasteiger partial charge in [-0.05, 0) is 62.6 Å². The van der Waals surface area contributed by atoms with Crippen molar-refractivity contribution >= 4 is 11.6 Å². The summed E-state index contributed by atoms with van der Waals surface area (Å²) in [6.45, 7) is 7.54. The van der Waals surface area contributed by atoms with Crippen molar-refractivity contribution in [3.8, 4) is 11.5 Å². The van der Waals surface area contributed by atoms with Crippen LogP contribution in [0.25, 0.3) is 0 Å². The number of hydrogen-bond donors (Lipinski definition) is 1. The molecule has 0 saturated carbocycles. The van der Waals surface area contributed by atoms with Crippen LogP contribution < -0.4 is 14.8 Å². The Labute approximate surface area is 162 Å². The zero-order valence-electron chi connectivity index (χ0n) is 16.7. The quantitative estimate of drug-likeness (QED) is 0.519. The third-order valence-electron chi connectivity index (χ3n) is 4.29. The number of amides is 1. The van der Waals surface area contributed by atoms with Gasteiger partial charge >= 0.3 is 0 Å². The molecule has 0 aliphatic rings. The molecule has 0 aliphatic carbocycles. The predicted octanol–water partition coefficient (Wildman–Crippen LogP) is 5.67. The SMILES string of the molecule is CCCCCOc1ccc(NC(=O)CCCOc2ccc(C)cc2C)cc1. The lowest BCUT2D eigenvalue weighted by Crippen LogP contribution is -2.13. The van der Waals surface area contributed by atoms with Gasteiger partial charge in [-0.25, -0.2) is 0 Å². The molecular formula is C23H31NO3. The van der Waals surface area contributed by atoms with Gasteiger partial charge in [0.1, 0.15) is 11.5 Å². The minimum Gasteiger partial charge on any atom is -0.494 e. The summed E-state index contributed by atoms with van der Waals surface area (Å²) in [6.07, 6.45) is 4.54. The van der Waals surface area contributed by atoms with Crippen molar-refractivity contribution in [3.63, 3.8) is 0 Å². The Balaban J connectivity index is 1.66. The largest absolute Gasteiger partial charge is 0.494 e. The van der Waals surface area contributed by atoms with Crippen LogP contribution in [0.5, 0.6) is 11.5 Å². The zero-order valence-corrected chi connectivity index (χ0v) is 16.7. The molecule has 0 spiro atoms. The minimum absolute atomic E-state index is 0.00385. The first-order valence-electron chi connectivity index (χ1n) is 9.81. The molecule has 0 bridgehead atoms. The molecule has 27 heavy (non-hydrogen) atoms. The van der Waals surface area contributed by atoms with Gasteiger partial charge in [-0.15, -0.1) is 0 Å². The van der Waals surface area contributed by atoms with Gasteiger partial charge in [0.05, 0.1) is 13.2 Å². The fraction of sp³-hybridized carbons (Fsp3) is 0.435. The lowest BCUT2D eigenvalue weighted by molar-refractivity contribution is -0.116. The van der Waals surface area contributed by atoms with Crippen LogP contribution in [0, 0.1) is 13.8 Å². The van der Waals surface area contributed by atoms with Crippen LogP contribution in [0.4, 0.5) is 5.69 Å². The first-order valence-corrected chi connectivity index (χ1v) is 9.81. The molecule has 1 amide bonds. The Morgan fingerprint density at radius 2 is 1.67 bits per heavy atom. The van der Waals surface area contributed by atoms with Crippen molar-refractivity contribution in [1.29, 1.82) is 0 Å². The minimum atomic E-state index is -0.00385. The molecule has 0 aromatic heterocycles. The molecule has 4 nitrogen and oxygen atoms in total. The lowest BCUT2D eigenvalue weighted by atomic mass is 10.1. The number of unbranched alkanes of at least 4 members (excludes halogenated alkanes) is 2. The van der Waals surface area contributed by atoms with E-state index in [0.29, 0.717) is 19.4 Å². The second kappa shape index (κ2) is 11.3. The van der Waals surface area contributed by atoms with Crippen molar-refractivity contribution in [3.05, 3.63) is 53.6 Å². The zero-order chi connectivity index (χ0) is 19.5. The maximum atomic E-state index is 12.1. The first kappa shape index (κ1) is 20.8.